The lowest BCUT2D eigenvalue weighted by Crippen LogP contribution is -2.09. The Morgan fingerprint density at radius 3 is 2.17 bits per heavy atom. The van der Waals surface area contributed by atoms with Crippen molar-refractivity contribution in [2.24, 2.45) is 0 Å². The fourth-order valence-electron chi connectivity index (χ4n) is 2.21. The molecule has 0 unspecified atom stereocenters. The van der Waals surface area contributed by atoms with E-state index in [1.807, 2.05) is 13.8 Å². The molecule has 18 heavy (non-hydrogen) atoms. The van der Waals surface area contributed by atoms with E-state index in [1.165, 1.54) is 24.0 Å². The summed E-state index contributed by atoms with van der Waals surface area (Å²) in [5.74, 6) is 0. The van der Waals surface area contributed by atoms with Crippen molar-refractivity contribution < 1.29 is 0 Å². The topological polar surface area (TPSA) is 0 Å². The lowest BCUT2D eigenvalue weighted by molar-refractivity contribution is 0.685. The first-order valence-electron chi connectivity index (χ1n) is 7.42. The predicted octanol–water partition coefficient (Wildman–Crippen LogP) is 5.77. The summed E-state index contributed by atoms with van der Waals surface area (Å²) in [6.45, 7) is 10.4. The van der Waals surface area contributed by atoms with Gasteiger partial charge < -0.3 is 0 Å². The van der Waals surface area contributed by atoms with Gasteiger partial charge >= 0.3 is 0 Å². The van der Waals surface area contributed by atoms with Crippen LogP contribution in [0.15, 0.2) is 35.5 Å². The summed E-state index contributed by atoms with van der Waals surface area (Å²) in [6, 6.07) is 0. The van der Waals surface area contributed by atoms with Gasteiger partial charge in [-0.2, -0.15) is 0 Å². The molecule has 0 bridgehead atoms. The number of allylic oxidation sites excluding steroid dienone is 6. The largest absolute Gasteiger partial charge is 0.0874 e. The van der Waals surface area contributed by atoms with Crippen molar-refractivity contribution in [3.8, 4) is 0 Å². The fourth-order valence-corrected chi connectivity index (χ4v) is 2.21. The molecule has 1 aliphatic rings. The first-order chi connectivity index (χ1) is 8.62. The molecule has 1 fully saturated rings. The molecule has 0 nitrogen and oxygen atoms in total. The van der Waals surface area contributed by atoms with Crippen molar-refractivity contribution in [2.75, 3.05) is 0 Å². The molecular weight excluding hydrogens is 215 g/mol. The quantitative estimate of drug-likeness (QED) is 0.434. The molecule has 0 aromatic carbocycles. The standard InChI is InChI=1S/C15H23B.C2H6/c1-4-8-14(10-9-13(3)5-2)15(16)11-6-7-12-15;1-2/h4,8-10H,5-7,11-12H2,1-3H3;1-2H3/b8-4-,13-9-,14-10+;. The van der Waals surface area contributed by atoms with Gasteiger partial charge in [-0.15, -0.1) is 0 Å². The number of hydrogen-bond donors (Lipinski definition) is 0. The predicted molar refractivity (Wildman–Crippen MR) is 85.2 cm³/mol. The summed E-state index contributed by atoms with van der Waals surface area (Å²) in [5, 5.41) is -0.0724. The Morgan fingerprint density at radius 2 is 1.72 bits per heavy atom. The summed E-state index contributed by atoms with van der Waals surface area (Å²) < 4.78 is 0. The Morgan fingerprint density at radius 1 is 1.17 bits per heavy atom. The molecule has 0 heterocycles. The van der Waals surface area contributed by atoms with Gasteiger partial charge in [-0.1, -0.05) is 81.9 Å². The van der Waals surface area contributed by atoms with Gasteiger partial charge in [0.15, 0.2) is 0 Å². The maximum absolute atomic E-state index is 6.47. The molecule has 0 aliphatic heterocycles. The van der Waals surface area contributed by atoms with Crippen LogP contribution in [0.25, 0.3) is 0 Å². The van der Waals surface area contributed by atoms with Crippen LogP contribution >= 0.6 is 0 Å². The van der Waals surface area contributed by atoms with E-state index in [-0.39, 0.29) is 5.31 Å². The third-order valence-electron chi connectivity index (χ3n) is 3.52. The van der Waals surface area contributed by atoms with Gasteiger partial charge in [-0.05, 0) is 25.6 Å². The van der Waals surface area contributed by atoms with Crippen LogP contribution in [0.2, 0.25) is 5.31 Å². The highest BCUT2D eigenvalue weighted by molar-refractivity contribution is 6.18. The van der Waals surface area contributed by atoms with Crippen molar-refractivity contribution in [2.45, 2.75) is 72.0 Å². The van der Waals surface area contributed by atoms with E-state index >= 15 is 0 Å². The minimum Gasteiger partial charge on any atom is -0.0874 e. The fraction of sp³-hybridized carbons (Fsp3) is 0.647. The third kappa shape index (κ3) is 5.29. The van der Waals surface area contributed by atoms with Gasteiger partial charge in [-0.25, -0.2) is 0 Å². The van der Waals surface area contributed by atoms with Gasteiger partial charge in [0, 0.05) is 0 Å². The van der Waals surface area contributed by atoms with Crippen molar-refractivity contribution in [1.82, 2.24) is 0 Å². The van der Waals surface area contributed by atoms with Crippen LogP contribution in [0.1, 0.15) is 66.7 Å². The van der Waals surface area contributed by atoms with E-state index in [1.54, 1.807) is 0 Å². The minimum atomic E-state index is -0.0724. The summed E-state index contributed by atoms with van der Waals surface area (Å²) >= 11 is 0. The van der Waals surface area contributed by atoms with Crippen molar-refractivity contribution in [3.05, 3.63) is 35.5 Å². The van der Waals surface area contributed by atoms with E-state index in [0.717, 1.165) is 19.3 Å². The van der Waals surface area contributed by atoms with Crippen LogP contribution in [-0.2, 0) is 0 Å². The molecule has 0 aromatic rings. The molecule has 100 valence electrons. The van der Waals surface area contributed by atoms with Crippen LogP contribution in [0.5, 0.6) is 0 Å². The second kappa shape index (κ2) is 9.25. The number of hydrogen-bond acceptors (Lipinski definition) is 0. The Balaban J connectivity index is 0.00000137. The molecular formula is C17H29B. The summed E-state index contributed by atoms with van der Waals surface area (Å²) in [4.78, 5) is 0. The highest BCUT2D eigenvalue weighted by Crippen LogP contribution is 2.48. The molecule has 0 saturated heterocycles. The molecule has 1 saturated carbocycles. The third-order valence-corrected chi connectivity index (χ3v) is 3.52. The molecule has 1 rings (SSSR count). The van der Waals surface area contributed by atoms with Crippen LogP contribution in [0.4, 0.5) is 0 Å². The molecule has 1 aliphatic carbocycles. The van der Waals surface area contributed by atoms with Crippen LogP contribution < -0.4 is 0 Å². The zero-order chi connectivity index (χ0) is 14.0. The normalized spacial score (nSPS) is 19.8. The van der Waals surface area contributed by atoms with Crippen LogP contribution in [-0.4, -0.2) is 7.85 Å². The van der Waals surface area contributed by atoms with Crippen molar-refractivity contribution in [3.63, 3.8) is 0 Å². The molecule has 0 spiro atoms. The van der Waals surface area contributed by atoms with E-state index in [9.17, 15) is 0 Å². The first kappa shape index (κ1) is 17.3. The second-order valence-electron chi connectivity index (χ2n) is 4.85. The van der Waals surface area contributed by atoms with Gasteiger partial charge in [-0.3, -0.25) is 0 Å². The minimum absolute atomic E-state index is 0.0724. The molecule has 0 atom stereocenters. The van der Waals surface area contributed by atoms with Crippen LogP contribution in [0.3, 0.4) is 0 Å². The lowest BCUT2D eigenvalue weighted by Gasteiger charge is -2.25. The Labute approximate surface area is 116 Å². The average Bonchev–Trinajstić information content (AvgIpc) is 2.84. The monoisotopic (exact) mass is 244 g/mol. The maximum Gasteiger partial charge on any atom is 0.0810 e. The van der Waals surface area contributed by atoms with Gasteiger partial charge in [0.25, 0.3) is 0 Å². The second-order valence-corrected chi connectivity index (χ2v) is 4.85. The van der Waals surface area contributed by atoms with E-state index in [4.69, 9.17) is 7.85 Å². The van der Waals surface area contributed by atoms with Gasteiger partial charge in [0.1, 0.15) is 0 Å². The van der Waals surface area contributed by atoms with E-state index in [0.29, 0.717) is 0 Å². The van der Waals surface area contributed by atoms with Crippen LogP contribution in [0, 0.1) is 0 Å². The maximum atomic E-state index is 6.47. The Bertz CT molecular complexity index is 302. The highest BCUT2D eigenvalue weighted by atomic mass is 14.3. The summed E-state index contributed by atoms with van der Waals surface area (Å²) in [5.41, 5.74) is 2.70. The summed E-state index contributed by atoms with van der Waals surface area (Å²) in [6.07, 6.45) is 14.6. The zero-order valence-electron chi connectivity index (χ0n) is 12.9. The van der Waals surface area contributed by atoms with Crippen molar-refractivity contribution >= 4 is 7.85 Å². The van der Waals surface area contributed by atoms with E-state index < -0.39 is 0 Å². The van der Waals surface area contributed by atoms with Gasteiger partial charge in [0.2, 0.25) is 0 Å². The SMILES string of the molecule is CC.[B]C1(C(/C=C\C)=C/C=C(/C)CC)CCCC1. The zero-order valence-corrected chi connectivity index (χ0v) is 12.9. The van der Waals surface area contributed by atoms with Crippen molar-refractivity contribution in [1.29, 1.82) is 0 Å². The molecule has 0 N–H and O–H groups in total. The summed E-state index contributed by atoms with van der Waals surface area (Å²) in [7, 11) is 6.47. The highest BCUT2D eigenvalue weighted by Gasteiger charge is 2.30. The van der Waals surface area contributed by atoms with E-state index in [2.05, 4.69) is 45.1 Å². The Hall–Kier alpha value is -0.715. The molecule has 2 radical (unpaired) electrons. The smallest absolute Gasteiger partial charge is 0.0810 e. The molecule has 0 aromatic heterocycles. The Kier molecular flexibility index (Phi) is 8.88. The average molecular weight is 244 g/mol. The van der Waals surface area contributed by atoms with Gasteiger partial charge in [0.05, 0.1) is 7.85 Å². The first-order valence-corrected chi connectivity index (χ1v) is 7.42. The molecule has 0 amide bonds. The lowest BCUT2D eigenvalue weighted by atomic mass is 9.62. The number of rotatable bonds is 4. The molecule has 1 heteroatoms.